The highest BCUT2D eigenvalue weighted by Gasteiger charge is 2.25. The molecule has 0 aliphatic heterocycles. The molecule has 1 rings (SSSR count). The molecule has 6 nitrogen and oxygen atoms in total. The number of rotatable bonds is 6. The van der Waals surface area contributed by atoms with E-state index >= 15 is 0 Å². The zero-order chi connectivity index (χ0) is 15.5. The van der Waals surface area contributed by atoms with Crippen LogP contribution >= 0.6 is 0 Å². The van der Waals surface area contributed by atoms with Gasteiger partial charge in [0, 0.05) is 13.1 Å². The first kappa shape index (κ1) is 16.5. The molecule has 0 aliphatic rings. The monoisotopic (exact) mass is 301 g/mol. The molecule has 0 fully saturated rings. The Labute approximate surface area is 119 Å². The fraction of sp³-hybridized carbons (Fsp3) is 0.462. The molecule has 112 valence electrons. The van der Waals surface area contributed by atoms with Crippen molar-refractivity contribution in [2.24, 2.45) is 0 Å². The number of sulfonamides is 1. The van der Waals surface area contributed by atoms with Crippen molar-refractivity contribution in [3.8, 4) is 5.75 Å². The Morgan fingerprint density at radius 1 is 1.40 bits per heavy atom. The van der Waals surface area contributed by atoms with E-state index in [2.05, 4.69) is 0 Å². The summed E-state index contributed by atoms with van der Waals surface area (Å²) in [5.74, 6) is -1.07. The van der Waals surface area contributed by atoms with E-state index in [0.717, 1.165) is 6.07 Å². The molecule has 20 heavy (non-hydrogen) atoms. The SMILES string of the molecule is CCOc1ccc(S(=O)(=O)N(C)C(C)C)cc1C(=O)O. The highest BCUT2D eigenvalue weighted by molar-refractivity contribution is 7.89. The Hall–Kier alpha value is -1.60. The molecule has 0 heterocycles. The van der Waals surface area contributed by atoms with E-state index in [-0.39, 0.29) is 22.3 Å². The van der Waals surface area contributed by atoms with Gasteiger partial charge in [-0.2, -0.15) is 4.31 Å². The smallest absolute Gasteiger partial charge is 0.339 e. The molecule has 1 aromatic carbocycles. The summed E-state index contributed by atoms with van der Waals surface area (Å²) in [5, 5.41) is 9.14. The van der Waals surface area contributed by atoms with Crippen LogP contribution in [0.2, 0.25) is 0 Å². The maximum Gasteiger partial charge on any atom is 0.339 e. The summed E-state index contributed by atoms with van der Waals surface area (Å²) in [6.45, 7) is 5.51. The molecule has 0 saturated heterocycles. The Morgan fingerprint density at radius 3 is 2.45 bits per heavy atom. The van der Waals surface area contributed by atoms with Crippen LogP contribution in [0.5, 0.6) is 5.75 Å². The number of ether oxygens (including phenoxy) is 1. The molecular weight excluding hydrogens is 282 g/mol. The van der Waals surface area contributed by atoms with Gasteiger partial charge in [-0.25, -0.2) is 13.2 Å². The lowest BCUT2D eigenvalue weighted by Gasteiger charge is -2.21. The molecule has 0 saturated carbocycles. The van der Waals surface area contributed by atoms with Crippen LogP contribution in [0.3, 0.4) is 0 Å². The number of carboxylic acids is 1. The standard InChI is InChI=1S/C13H19NO5S/c1-5-19-12-7-6-10(8-11(12)13(15)16)20(17,18)14(4)9(2)3/h6-9H,5H2,1-4H3,(H,15,16). The van der Waals surface area contributed by atoms with Gasteiger partial charge in [-0.1, -0.05) is 0 Å². The van der Waals surface area contributed by atoms with Gasteiger partial charge in [0.1, 0.15) is 11.3 Å². The van der Waals surface area contributed by atoms with Crippen molar-refractivity contribution in [3.05, 3.63) is 23.8 Å². The average molecular weight is 301 g/mol. The molecular formula is C13H19NO5S. The van der Waals surface area contributed by atoms with Crippen molar-refractivity contribution in [1.29, 1.82) is 0 Å². The maximum absolute atomic E-state index is 12.3. The number of carboxylic acid groups (broad SMARTS) is 1. The molecule has 0 amide bonds. The minimum absolute atomic E-state index is 0.0606. The van der Waals surface area contributed by atoms with E-state index < -0.39 is 16.0 Å². The third kappa shape index (κ3) is 3.29. The summed E-state index contributed by atoms with van der Waals surface area (Å²) in [5.41, 5.74) is -0.162. The molecule has 7 heteroatoms. The van der Waals surface area contributed by atoms with Crippen LogP contribution < -0.4 is 4.74 Å². The minimum atomic E-state index is -3.71. The number of hydrogen-bond acceptors (Lipinski definition) is 4. The summed E-state index contributed by atoms with van der Waals surface area (Å²) in [4.78, 5) is 11.1. The van der Waals surface area contributed by atoms with Gasteiger partial charge in [0.15, 0.2) is 0 Å². The highest BCUT2D eigenvalue weighted by Crippen LogP contribution is 2.25. The zero-order valence-corrected chi connectivity index (χ0v) is 12.8. The number of nitrogens with zero attached hydrogens (tertiary/aromatic N) is 1. The fourth-order valence-corrected chi connectivity index (χ4v) is 2.96. The molecule has 0 spiro atoms. The first-order chi connectivity index (χ1) is 9.21. The van der Waals surface area contributed by atoms with Crippen molar-refractivity contribution in [2.45, 2.75) is 31.7 Å². The molecule has 1 aromatic rings. The third-order valence-electron chi connectivity index (χ3n) is 2.89. The van der Waals surface area contributed by atoms with Crippen LogP contribution in [0, 0.1) is 0 Å². The second-order valence-electron chi connectivity index (χ2n) is 4.51. The number of benzene rings is 1. The number of aromatic carboxylic acids is 1. The van der Waals surface area contributed by atoms with E-state index in [9.17, 15) is 13.2 Å². The summed E-state index contributed by atoms with van der Waals surface area (Å²) in [6, 6.07) is 3.63. The predicted molar refractivity (Wildman–Crippen MR) is 74.7 cm³/mol. The van der Waals surface area contributed by atoms with Crippen LogP contribution in [-0.2, 0) is 10.0 Å². The van der Waals surface area contributed by atoms with Gasteiger partial charge >= 0.3 is 5.97 Å². The van der Waals surface area contributed by atoms with Gasteiger partial charge in [0.2, 0.25) is 10.0 Å². The Balaban J connectivity index is 3.35. The van der Waals surface area contributed by atoms with E-state index in [0.29, 0.717) is 6.61 Å². The van der Waals surface area contributed by atoms with Crippen LogP contribution in [0.15, 0.2) is 23.1 Å². The summed E-state index contributed by atoms with van der Waals surface area (Å²) in [7, 11) is -2.26. The predicted octanol–water partition coefficient (Wildman–Crippen LogP) is 1.81. The number of hydrogen-bond donors (Lipinski definition) is 1. The molecule has 0 unspecified atom stereocenters. The topological polar surface area (TPSA) is 83.9 Å². The maximum atomic E-state index is 12.3. The molecule has 0 bridgehead atoms. The highest BCUT2D eigenvalue weighted by atomic mass is 32.2. The minimum Gasteiger partial charge on any atom is -0.493 e. The third-order valence-corrected chi connectivity index (χ3v) is 4.92. The van der Waals surface area contributed by atoms with Gasteiger partial charge in [0.05, 0.1) is 11.5 Å². The Bertz CT molecular complexity index is 595. The first-order valence-electron chi connectivity index (χ1n) is 6.20. The number of carbonyl (C=O) groups is 1. The Kier molecular flexibility index (Phi) is 5.13. The fourth-order valence-electron chi connectivity index (χ4n) is 1.56. The second-order valence-corrected chi connectivity index (χ2v) is 6.51. The van der Waals surface area contributed by atoms with Crippen molar-refractivity contribution < 1.29 is 23.1 Å². The first-order valence-corrected chi connectivity index (χ1v) is 7.64. The summed E-state index contributed by atoms with van der Waals surface area (Å²) < 4.78 is 31.0. The van der Waals surface area contributed by atoms with Gasteiger partial charge in [-0.05, 0) is 39.0 Å². The Morgan fingerprint density at radius 2 is 2.00 bits per heavy atom. The lowest BCUT2D eigenvalue weighted by molar-refractivity contribution is 0.0692. The van der Waals surface area contributed by atoms with Gasteiger partial charge < -0.3 is 9.84 Å². The van der Waals surface area contributed by atoms with E-state index in [4.69, 9.17) is 9.84 Å². The van der Waals surface area contributed by atoms with Gasteiger partial charge in [-0.3, -0.25) is 0 Å². The molecule has 0 radical (unpaired) electrons. The van der Waals surface area contributed by atoms with Crippen LogP contribution in [-0.4, -0.2) is 43.5 Å². The van der Waals surface area contributed by atoms with E-state index in [1.165, 1.54) is 23.5 Å². The zero-order valence-electron chi connectivity index (χ0n) is 12.0. The normalized spacial score (nSPS) is 11.9. The van der Waals surface area contributed by atoms with Crippen LogP contribution in [0.4, 0.5) is 0 Å². The summed E-state index contributed by atoms with van der Waals surface area (Å²) >= 11 is 0. The van der Waals surface area contributed by atoms with E-state index in [1.807, 2.05) is 0 Å². The van der Waals surface area contributed by atoms with Crippen molar-refractivity contribution in [3.63, 3.8) is 0 Å². The molecule has 0 atom stereocenters. The molecule has 0 aromatic heterocycles. The van der Waals surface area contributed by atoms with Gasteiger partial charge in [0.25, 0.3) is 0 Å². The summed E-state index contributed by atoms with van der Waals surface area (Å²) in [6.07, 6.45) is 0. The average Bonchev–Trinajstić information content (AvgIpc) is 2.37. The van der Waals surface area contributed by atoms with E-state index in [1.54, 1.807) is 20.8 Å². The lowest BCUT2D eigenvalue weighted by Crippen LogP contribution is -2.33. The lowest BCUT2D eigenvalue weighted by atomic mass is 10.2. The van der Waals surface area contributed by atoms with Crippen molar-refractivity contribution in [1.82, 2.24) is 4.31 Å². The van der Waals surface area contributed by atoms with Gasteiger partial charge in [-0.15, -0.1) is 0 Å². The molecule has 0 aliphatic carbocycles. The van der Waals surface area contributed by atoms with Crippen molar-refractivity contribution >= 4 is 16.0 Å². The van der Waals surface area contributed by atoms with Crippen LogP contribution in [0.1, 0.15) is 31.1 Å². The van der Waals surface area contributed by atoms with Crippen molar-refractivity contribution in [2.75, 3.05) is 13.7 Å². The quantitative estimate of drug-likeness (QED) is 0.866. The largest absolute Gasteiger partial charge is 0.493 e. The second kappa shape index (κ2) is 6.23. The van der Waals surface area contributed by atoms with Crippen LogP contribution in [0.25, 0.3) is 0 Å². The molecule has 1 N–H and O–H groups in total.